The van der Waals surface area contributed by atoms with E-state index >= 15 is 0 Å². The zero-order valence-corrected chi connectivity index (χ0v) is 14.8. The highest BCUT2D eigenvalue weighted by Gasteiger charge is 2.36. The van der Waals surface area contributed by atoms with Gasteiger partial charge in [0.1, 0.15) is 0 Å². The van der Waals surface area contributed by atoms with Crippen LogP contribution in [-0.4, -0.2) is 30.3 Å². The fraction of sp³-hybridized carbons (Fsp3) is 0.650. The smallest absolute Gasteiger partial charge is 0.303 e. The molecule has 0 bridgehead atoms. The number of nitrogens with zero attached hydrogens (tertiary/aromatic N) is 1. The van der Waals surface area contributed by atoms with Gasteiger partial charge in [-0.25, -0.2) is 0 Å². The molecule has 0 spiro atoms. The molecule has 2 aliphatic rings. The van der Waals surface area contributed by atoms with Gasteiger partial charge in [-0.2, -0.15) is 13.2 Å². The number of carbonyl (C=O) groups is 1. The van der Waals surface area contributed by atoms with Crippen LogP contribution in [0.4, 0.5) is 13.2 Å². The third kappa shape index (κ3) is 3.91. The summed E-state index contributed by atoms with van der Waals surface area (Å²) < 4.78 is 39.9. The highest BCUT2D eigenvalue weighted by Crippen LogP contribution is 2.38. The van der Waals surface area contributed by atoms with E-state index in [1.165, 1.54) is 18.9 Å². The molecule has 5 heteroatoms. The summed E-state index contributed by atoms with van der Waals surface area (Å²) >= 11 is 0. The largest absolute Gasteiger partial charge is 0.416 e. The Hall–Kier alpha value is -1.36. The van der Waals surface area contributed by atoms with Gasteiger partial charge in [-0.1, -0.05) is 13.0 Å². The predicted octanol–water partition coefficient (Wildman–Crippen LogP) is 4.89. The molecular formula is C20H26F3NO. The van der Waals surface area contributed by atoms with Gasteiger partial charge >= 0.3 is 6.18 Å². The molecule has 3 rings (SSSR count). The van der Waals surface area contributed by atoms with Gasteiger partial charge in [0.2, 0.25) is 0 Å². The average molecular weight is 353 g/mol. The number of benzene rings is 1. The predicted molar refractivity (Wildman–Crippen MR) is 91.9 cm³/mol. The summed E-state index contributed by atoms with van der Waals surface area (Å²) in [5.41, 5.74) is 1.01. The third-order valence-corrected chi connectivity index (χ3v) is 5.65. The number of rotatable bonds is 5. The number of hydrogen-bond donors (Lipinski definition) is 0. The summed E-state index contributed by atoms with van der Waals surface area (Å²) in [5, 5.41) is 0. The molecule has 1 aliphatic heterocycles. The third-order valence-electron chi connectivity index (χ3n) is 5.65. The summed E-state index contributed by atoms with van der Waals surface area (Å²) in [7, 11) is 0. The standard InChI is InChI=1S/C20H26F3NO/c1-2-14(13-24-11-5-6-12-24)19(25)17-9-10-18(20(21,22)23)16-8-4-3-7-15(16)17/h9-10,14H,2-8,11-13H2,1H3. The molecule has 1 fully saturated rings. The van der Waals surface area contributed by atoms with Crippen LogP contribution in [-0.2, 0) is 19.0 Å². The van der Waals surface area contributed by atoms with Crippen molar-refractivity contribution in [2.75, 3.05) is 19.6 Å². The van der Waals surface area contributed by atoms with Crippen molar-refractivity contribution in [1.82, 2.24) is 4.90 Å². The van der Waals surface area contributed by atoms with Crippen molar-refractivity contribution < 1.29 is 18.0 Å². The molecular weight excluding hydrogens is 327 g/mol. The van der Waals surface area contributed by atoms with E-state index in [1.54, 1.807) is 0 Å². The lowest BCUT2D eigenvalue weighted by Gasteiger charge is -2.26. The Bertz CT molecular complexity index is 633. The first-order valence-corrected chi connectivity index (χ1v) is 9.40. The Morgan fingerprint density at radius 2 is 1.72 bits per heavy atom. The maximum Gasteiger partial charge on any atom is 0.416 e. The Balaban J connectivity index is 1.91. The number of halogens is 3. The second kappa shape index (κ2) is 7.48. The van der Waals surface area contributed by atoms with Crippen LogP contribution in [0.3, 0.4) is 0 Å². The van der Waals surface area contributed by atoms with Gasteiger partial charge in [-0.15, -0.1) is 0 Å². The maximum absolute atomic E-state index is 13.3. The molecule has 0 radical (unpaired) electrons. The normalized spacial score (nSPS) is 19.7. The van der Waals surface area contributed by atoms with E-state index in [0.29, 0.717) is 29.5 Å². The molecule has 2 nitrogen and oxygen atoms in total. The van der Waals surface area contributed by atoms with Crippen molar-refractivity contribution in [2.45, 2.75) is 58.0 Å². The van der Waals surface area contributed by atoms with E-state index < -0.39 is 11.7 Å². The van der Waals surface area contributed by atoms with Crippen molar-refractivity contribution >= 4 is 5.78 Å². The molecule has 0 aromatic heterocycles. The van der Waals surface area contributed by atoms with Crippen LogP contribution in [0.2, 0.25) is 0 Å². The zero-order chi connectivity index (χ0) is 18.0. The van der Waals surface area contributed by atoms with Crippen molar-refractivity contribution in [3.63, 3.8) is 0 Å². The summed E-state index contributed by atoms with van der Waals surface area (Å²) in [6, 6.07) is 2.56. The molecule has 1 atom stereocenters. The zero-order valence-electron chi connectivity index (χ0n) is 14.8. The Morgan fingerprint density at radius 1 is 1.08 bits per heavy atom. The van der Waals surface area contributed by atoms with Crippen LogP contribution in [0.1, 0.15) is 66.1 Å². The van der Waals surface area contributed by atoms with Crippen LogP contribution < -0.4 is 0 Å². The molecule has 1 saturated heterocycles. The molecule has 0 saturated carbocycles. The average Bonchev–Trinajstić information content (AvgIpc) is 3.10. The second-order valence-corrected chi connectivity index (χ2v) is 7.30. The lowest BCUT2D eigenvalue weighted by atomic mass is 9.81. The van der Waals surface area contributed by atoms with Crippen molar-refractivity contribution in [1.29, 1.82) is 0 Å². The van der Waals surface area contributed by atoms with E-state index in [4.69, 9.17) is 0 Å². The van der Waals surface area contributed by atoms with Crippen LogP contribution in [0.25, 0.3) is 0 Å². The maximum atomic E-state index is 13.3. The number of Topliss-reactive ketones (excluding diaryl/α,β-unsaturated/α-hetero) is 1. The number of hydrogen-bond acceptors (Lipinski definition) is 2. The highest BCUT2D eigenvalue weighted by atomic mass is 19.4. The monoisotopic (exact) mass is 353 g/mol. The molecule has 1 aromatic rings. The van der Waals surface area contributed by atoms with Gasteiger partial charge in [0.15, 0.2) is 5.78 Å². The van der Waals surface area contributed by atoms with Crippen LogP contribution in [0.5, 0.6) is 0 Å². The Labute approximate surface area is 147 Å². The molecule has 138 valence electrons. The minimum absolute atomic E-state index is 0.0290. The van der Waals surface area contributed by atoms with Crippen molar-refractivity contribution in [2.24, 2.45) is 5.92 Å². The van der Waals surface area contributed by atoms with E-state index in [2.05, 4.69) is 4.90 Å². The van der Waals surface area contributed by atoms with Gasteiger partial charge in [0, 0.05) is 18.0 Å². The molecule has 1 heterocycles. The summed E-state index contributed by atoms with van der Waals surface area (Å²) in [6.45, 7) is 4.77. The molecule has 25 heavy (non-hydrogen) atoms. The summed E-state index contributed by atoms with van der Waals surface area (Å²) in [5.74, 6) is -0.0952. The Morgan fingerprint density at radius 3 is 2.32 bits per heavy atom. The SMILES string of the molecule is CCC(CN1CCCC1)C(=O)c1ccc(C(F)(F)F)c2c1CCCC2. The van der Waals surface area contributed by atoms with Crippen LogP contribution in [0.15, 0.2) is 12.1 Å². The quantitative estimate of drug-likeness (QED) is 0.703. The second-order valence-electron chi connectivity index (χ2n) is 7.30. The first-order chi connectivity index (χ1) is 11.9. The molecule has 1 aliphatic carbocycles. The minimum Gasteiger partial charge on any atom is -0.303 e. The van der Waals surface area contributed by atoms with E-state index in [1.807, 2.05) is 6.92 Å². The molecule has 0 amide bonds. The Kier molecular flexibility index (Phi) is 5.52. The van der Waals surface area contributed by atoms with Gasteiger partial charge in [-0.05, 0) is 75.2 Å². The lowest BCUT2D eigenvalue weighted by molar-refractivity contribution is -0.138. The number of alkyl halides is 3. The number of ketones is 1. The summed E-state index contributed by atoms with van der Waals surface area (Å²) in [4.78, 5) is 15.4. The molecule has 1 unspecified atom stereocenters. The van der Waals surface area contributed by atoms with Crippen LogP contribution in [0, 0.1) is 5.92 Å². The minimum atomic E-state index is -4.34. The summed E-state index contributed by atoms with van der Waals surface area (Å²) in [6.07, 6.45) is 1.35. The van der Waals surface area contributed by atoms with Gasteiger partial charge in [-0.3, -0.25) is 4.79 Å². The number of likely N-dealkylation sites (tertiary alicyclic amines) is 1. The molecule has 1 aromatic carbocycles. The first-order valence-electron chi connectivity index (χ1n) is 9.40. The lowest BCUT2D eigenvalue weighted by Crippen LogP contribution is -2.32. The highest BCUT2D eigenvalue weighted by molar-refractivity contribution is 5.99. The number of fused-ring (bicyclic) bond motifs is 1. The molecule has 0 N–H and O–H groups in total. The van der Waals surface area contributed by atoms with E-state index in [0.717, 1.165) is 45.0 Å². The van der Waals surface area contributed by atoms with Crippen molar-refractivity contribution in [3.05, 3.63) is 34.4 Å². The fourth-order valence-corrected chi connectivity index (χ4v) is 4.26. The van der Waals surface area contributed by atoms with Gasteiger partial charge < -0.3 is 4.90 Å². The number of carbonyl (C=O) groups excluding carboxylic acids is 1. The van der Waals surface area contributed by atoms with Crippen LogP contribution >= 0.6 is 0 Å². The van der Waals surface area contributed by atoms with E-state index in [9.17, 15) is 18.0 Å². The topological polar surface area (TPSA) is 20.3 Å². The van der Waals surface area contributed by atoms with Crippen molar-refractivity contribution in [3.8, 4) is 0 Å². The first kappa shape index (κ1) is 18.4. The van der Waals surface area contributed by atoms with E-state index in [-0.39, 0.29) is 11.7 Å². The van der Waals surface area contributed by atoms with Gasteiger partial charge in [0.05, 0.1) is 5.56 Å². The van der Waals surface area contributed by atoms with Gasteiger partial charge in [0.25, 0.3) is 0 Å². The fourth-order valence-electron chi connectivity index (χ4n) is 4.26.